The van der Waals surface area contributed by atoms with Crippen molar-refractivity contribution in [1.29, 1.82) is 0 Å². The first-order valence-electron chi connectivity index (χ1n) is 9.65. The van der Waals surface area contributed by atoms with Gasteiger partial charge in [-0.25, -0.2) is 4.39 Å². The van der Waals surface area contributed by atoms with Crippen molar-refractivity contribution in [2.75, 3.05) is 13.1 Å². The summed E-state index contributed by atoms with van der Waals surface area (Å²) in [5.41, 5.74) is 3.21. The SMILES string of the molecule is Cc1ccc2c(CC(=O)NCCN3C(=O)SC(=Cc4ccc(F)cc4)C3=O)coc2c1. The maximum absolute atomic E-state index is 13.0. The van der Waals surface area contributed by atoms with Crippen LogP contribution in [0.2, 0.25) is 0 Å². The van der Waals surface area contributed by atoms with E-state index in [4.69, 9.17) is 4.42 Å². The first kappa shape index (κ1) is 20.9. The molecule has 3 amide bonds. The molecule has 2 heterocycles. The molecule has 1 aromatic heterocycles. The number of halogens is 1. The first-order chi connectivity index (χ1) is 14.9. The molecule has 0 saturated carbocycles. The van der Waals surface area contributed by atoms with Crippen LogP contribution >= 0.6 is 11.8 Å². The van der Waals surface area contributed by atoms with Crippen LogP contribution in [-0.2, 0) is 16.0 Å². The minimum Gasteiger partial charge on any atom is -0.464 e. The second-order valence-corrected chi connectivity index (χ2v) is 8.17. The van der Waals surface area contributed by atoms with Crippen molar-refractivity contribution in [3.05, 3.63) is 76.1 Å². The third-order valence-electron chi connectivity index (χ3n) is 4.86. The molecule has 1 N–H and O–H groups in total. The van der Waals surface area contributed by atoms with Crippen LogP contribution in [0.5, 0.6) is 0 Å². The van der Waals surface area contributed by atoms with Gasteiger partial charge in [0, 0.05) is 24.0 Å². The molecule has 6 nitrogen and oxygen atoms in total. The summed E-state index contributed by atoms with van der Waals surface area (Å²) in [6, 6.07) is 11.4. The van der Waals surface area contributed by atoms with Gasteiger partial charge in [-0.05, 0) is 54.1 Å². The summed E-state index contributed by atoms with van der Waals surface area (Å²) < 4.78 is 18.5. The number of fused-ring (bicyclic) bond motifs is 1. The molecule has 8 heteroatoms. The summed E-state index contributed by atoms with van der Waals surface area (Å²) in [4.78, 5) is 38.4. The molecule has 4 rings (SSSR count). The van der Waals surface area contributed by atoms with Crippen LogP contribution in [0.1, 0.15) is 16.7 Å². The van der Waals surface area contributed by atoms with E-state index in [0.29, 0.717) is 5.56 Å². The van der Waals surface area contributed by atoms with Gasteiger partial charge >= 0.3 is 0 Å². The van der Waals surface area contributed by atoms with E-state index in [0.717, 1.165) is 38.8 Å². The zero-order valence-electron chi connectivity index (χ0n) is 16.7. The number of benzene rings is 2. The number of nitrogens with zero attached hydrogens (tertiary/aromatic N) is 1. The first-order valence-corrected chi connectivity index (χ1v) is 10.5. The predicted octanol–water partition coefficient (Wildman–Crippen LogP) is 4.28. The summed E-state index contributed by atoms with van der Waals surface area (Å²) in [6.07, 6.45) is 3.26. The van der Waals surface area contributed by atoms with Crippen LogP contribution in [0, 0.1) is 12.7 Å². The fourth-order valence-corrected chi connectivity index (χ4v) is 4.14. The van der Waals surface area contributed by atoms with Crippen LogP contribution in [0.4, 0.5) is 9.18 Å². The molecule has 0 spiro atoms. The van der Waals surface area contributed by atoms with Crippen LogP contribution in [-0.4, -0.2) is 35.0 Å². The lowest BCUT2D eigenvalue weighted by Gasteiger charge is -2.12. The second-order valence-electron chi connectivity index (χ2n) is 7.17. The molecule has 0 radical (unpaired) electrons. The summed E-state index contributed by atoms with van der Waals surface area (Å²) >= 11 is 0.826. The molecule has 3 aromatic rings. The molecule has 1 fully saturated rings. The molecule has 1 aliphatic rings. The molecule has 0 bridgehead atoms. The normalized spacial score (nSPS) is 15.3. The van der Waals surface area contributed by atoms with E-state index in [-0.39, 0.29) is 36.1 Å². The van der Waals surface area contributed by atoms with E-state index in [1.165, 1.54) is 24.3 Å². The molecular formula is C23H19FN2O4S. The average molecular weight is 438 g/mol. The molecule has 158 valence electrons. The lowest BCUT2D eigenvalue weighted by atomic mass is 10.1. The Kier molecular flexibility index (Phi) is 5.90. The fourth-order valence-electron chi connectivity index (χ4n) is 3.27. The zero-order valence-corrected chi connectivity index (χ0v) is 17.5. The number of thioether (sulfide) groups is 1. The van der Waals surface area contributed by atoms with E-state index in [1.807, 2.05) is 25.1 Å². The summed E-state index contributed by atoms with van der Waals surface area (Å²) in [5, 5.41) is 3.23. The Morgan fingerprint density at radius 3 is 2.74 bits per heavy atom. The monoisotopic (exact) mass is 438 g/mol. The Bertz CT molecular complexity index is 1200. The number of carbonyl (C=O) groups is 3. The number of imide groups is 1. The van der Waals surface area contributed by atoms with Gasteiger partial charge in [-0.1, -0.05) is 24.3 Å². The Balaban J connectivity index is 1.32. The number of furan rings is 1. The largest absolute Gasteiger partial charge is 0.464 e. The van der Waals surface area contributed by atoms with Gasteiger partial charge in [-0.15, -0.1) is 0 Å². The lowest BCUT2D eigenvalue weighted by molar-refractivity contribution is -0.124. The third-order valence-corrected chi connectivity index (χ3v) is 5.77. The second kappa shape index (κ2) is 8.77. The minimum atomic E-state index is -0.426. The minimum absolute atomic E-state index is 0.0719. The molecule has 0 aliphatic carbocycles. The average Bonchev–Trinajstić information content (AvgIpc) is 3.24. The summed E-state index contributed by atoms with van der Waals surface area (Å²) in [5.74, 6) is -1.03. The zero-order chi connectivity index (χ0) is 22.0. The van der Waals surface area contributed by atoms with Crippen molar-refractivity contribution >= 4 is 45.9 Å². The summed E-state index contributed by atoms with van der Waals surface area (Å²) in [6.45, 7) is 2.19. The van der Waals surface area contributed by atoms with Crippen LogP contribution in [0.25, 0.3) is 17.0 Å². The van der Waals surface area contributed by atoms with E-state index >= 15 is 0 Å². The number of hydrogen-bond acceptors (Lipinski definition) is 5. The van der Waals surface area contributed by atoms with Crippen LogP contribution < -0.4 is 5.32 Å². The molecule has 1 saturated heterocycles. The summed E-state index contributed by atoms with van der Waals surface area (Å²) in [7, 11) is 0. The molecule has 1 aliphatic heterocycles. The Labute approximate surface area is 182 Å². The van der Waals surface area contributed by atoms with Gasteiger partial charge in [0.05, 0.1) is 17.6 Å². The van der Waals surface area contributed by atoms with Crippen molar-refractivity contribution < 1.29 is 23.2 Å². The highest BCUT2D eigenvalue weighted by molar-refractivity contribution is 8.18. The van der Waals surface area contributed by atoms with Gasteiger partial charge in [0.25, 0.3) is 11.1 Å². The number of carbonyl (C=O) groups excluding carboxylic acids is 3. The van der Waals surface area contributed by atoms with Gasteiger partial charge < -0.3 is 9.73 Å². The Hall–Kier alpha value is -3.39. The fraction of sp³-hybridized carbons (Fsp3) is 0.174. The number of amides is 3. The van der Waals surface area contributed by atoms with Crippen molar-refractivity contribution in [3.63, 3.8) is 0 Å². The quantitative estimate of drug-likeness (QED) is 0.582. The van der Waals surface area contributed by atoms with Crippen LogP contribution in [0.15, 0.2) is 58.1 Å². The van der Waals surface area contributed by atoms with Gasteiger partial charge in [0.15, 0.2) is 0 Å². The highest BCUT2D eigenvalue weighted by Gasteiger charge is 2.34. The number of aryl methyl sites for hydroxylation is 1. The van der Waals surface area contributed by atoms with Gasteiger partial charge in [0.1, 0.15) is 11.4 Å². The predicted molar refractivity (Wildman–Crippen MR) is 117 cm³/mol. The highest BCUT2D eigenvalue weighted by Crippen LogP contribution is 2.32. The molecule has 31 heavy (non-hydrogen) atoms. The van der Waals surface area contributed by atoms with Gasteiger partial charge in [0.2, 0.25) is 5.91 Å². The van der Waals surface area contributed by atoms with E-state index < -0.39 is 11.1 Å². The number of nitrogens with one attached hydrogen (secondary N) is 1. The van der Waals surface area contributed by atoms with Gasteiger partial charge in [-0.2, -0.15) is 0 Å². The number of hydrogen-bond donors (Lipinski definition) is 1. The highest BCUT2D eigenvalue weighted by atomic mass is 32.2. The molecule has 0 unspecified atom stereocenters. The third kappa shape index (κ3) is 4.69. The maximum Gasteiger partial charge on any atom is 0.293 e. The standard InChI is InChI=1S/C23H19FN2O4S/c1-14-2-7-18-16(13-30-19(18)10-14)12-21(27)25-8-9-26-22(28)20(31-23(26)29)11-15-3-5-17(24)6-4-15/h2-7,10-11,13H,8-9,12H2,1H3,(H,25,27). The number of rotatable bonds is 6. The van der Waals surface area contributed by atoms with Crippen LogP contribution in [0.3, 0.4) is 0 Å². The maximum atomic E-state index is 13.0. The molecule has 0 atom stereocenters. The Morgan fingerprint density at radius 2 is 1.97 bits per heavy atom. The van der Waals surface area contributed by atoms with Crippen molar-refractivity contribution in [3.8, 4) is 0 Å². The molecule has 2 aromatic carbocycles. The van der Waals surface area contributed by atoms with Gasteiger partial charge in [-0.3, -0.25) is 19.3 Å². The topological polar surface area (TPSA) is 79.6 Å². The van der Waals surface area contributed by atoms with E-state index in [9.17, 15) is 18.8 Å². The molecular weight excluding hydrogens is 419 g/mol. The smallest absolute Gasteiger partial charge is 0.293 e. The van der Waals surface area contributed by atoms with Crippen molar-refractivity contribution in [1.82, 2.24) is 10.2 Å². The lowest BCUT2D eigenvalue weighted by Crippen LogP contribution is -2.37. The van der Waals surface area contributed by atoms with E-state index in [1.54, 1.807) is 12.3 Å². The van der Waals surface area contributed by atoms with Crippen molar-refractivity contribution in [2.24, 2.45) is 0 Å². The Morgan fingerprint density at radius 1 is 1.19 bits per heavy atom. The van der Waals surface area contributed by atoms with Crippen molar-refractivity contribution in [2.45, 2.75) is 13.3 Å². The van der Waals surface area contributed by atoms with E-state index in [2.05, 4.69) is 5.32 Å².